The van der Waals surface area contributed by atoms with Gasteiger partial charge in [-0.25, -0.2) is 4.79 Å². The van der Waals surface area contributed by atoms with Gasteiger partial charge in [0.1, 0.15) is 0 Å². The van der Waals surface area contributed by atoms with Gasteiger partial charge >= 0.3 is 5.97 Å². The van der Waals surface area contributed by atoms with Gasteiger partial charge in [0.05, 0.1) is 17.7 Å². The predicted molar refractivity (Wildman–Crippen MR) is 67.3 cm³/mol. The van der Waals surface area contributed by atoms with Crippen molar-refractivity contribution < 1.29 is 9.53 Å². The zero-order valence-corrected chi connectivity index (χ0v) is 11.4. The van der Waals surface area contributed by atoms with Crippen LogP contribution in [-0.4, -0.2) is 19.3 Å². The maximum absolute atomic E-state index is 11.4. The Morgan fingerprint density at radius 2 is 2.21 bits per heavy atom. The molecule has 0 aliphatic rings. The summed E-state index contributed by atoms with van der Waals surface area (Å²) in [5.74, 6) is -0.391. The van der Waals surface area contributed by atoms with Crippen molar-refractivity contribution in [2.75, 3.05) is 13.4 Å². The summed E-state index contributed by atoms with van der Waals surface area (Å²) >= 11 is 9.59. The van der Waals surface area contributed by atoms with Gasteiger partial charge in [-0.2, -0.15) is 0 Å². The van der Waals surface area contributed by atoms with Crippen molar-refractivity contribution in [1.29, 1.82) is 0 Å². The number of halogens is 2. The highest BCUT2D eigenvalue weighted by Gasteiger charge is 2.17. The first-order valence-electron chi connectivity index (χ1n) is 3.72. The van der Waals surface area contributed by atoms with E-state index < -0.39 is 5.97 Å². The quantitative estimate of drug-likeness (QED) is 0.468. The van der Waals surface area contributed by atoms with Crippen LogP contribution in [0.15, 0.2) is 17.0 Å². The van der Waals surface area contributed by atoms with Crippen LogP contribution in [-0.2, 0) is 4.74 Å². The number of esters is 1. The highest BCUT2D eigenvalue weighted by molar-refractivity contribution is 14.1. The summed E-state index contributed by atoms with van der Waals surface area (Å²) in [6.45, 7) is 0. The van der Waals surface area contributed by atoms with Crippen molar-refractivity contribution in [3.05, 3.63) is 26.3 Å². The van der Waals surface area contributed by atoms with Gasteiger partial charge in [0.2, 0.25) is 0 Å². The first-order chi connectivity index (χ1) is 6.61. The third-order valence-corrected chi connectivity index (χ3v) is 4.06. The molecule has 0 atom stereocenters. The molecule has 76 valence electrons. The standard InChI is InChI=1S/C9H8ClIO2S/c1-13-9(12)7-6(14-2)4-3-5(11)8(7)10/h3-4H,1-2H3. The molecule has 0 aliphatic carbocycles. The van der Waals surface area contributed by atoms with Gasteiger partial charge in [-0.1, -0.05) is 11.6 Å². The summed E-state index contributed by atoms with van der Waals surface area (Å²) in [7, 11) is 1.35. The average Bonchev–Trinajstić information content (AvgIpc) is 2.20. The van der Waals surface area contributed by atoms with Crippen molar-refractivity contribution in [1.82, 2.24) is 0 Å². The molecule has 0 fully saturated rings. The molecule has 0 amide bonds. The number of hydrogen-bond acceptors (Lipinski definition) is 3. The van der Waals surface area contributed by atoms with Gasteiger partial charge in [0.15, 0.2) is 0 Å². The summed E-state index contributed by atoms with van der Waals surface area (Å²) < 4.78 is 5.52. The largest absolute Gasteiger partial charge is 0.465 e. The first kappa shape index (κ1) is 12.1. The van der Waals surface area contributed by atoms with E-state index in [0.29, 0.717) is 10.6 Å². The molecule has 0 N–H and O–H groups in total. The minimum Gasteiger partial charge on any atom is -0.465 e. The van der Waals surface area contributed by atoms with Gasteiger partial charge in [-0.05, 0) is 41.0 Å². The molecule has 1 rings (SSSR count). The Hall–Kier alpha value is 0.0600. The molecule has 0 bridgehead atoms. The molecule has 0 radical (unpaired) electrons. The number of benzene rings is 1. The van der Waals surface area contributed by atoms with Crippen molar-refractivity contribution in [3.8, 4) is 0 Å². The monoisotopic (exact) mass is 342 g/mol. The molecule has 0 heterocycles. The number of hydrogen-bond donors (Lipinski definition) is 0. The maximum atomic E-state index is 11.4. The van der Waals surface area contributed by atoms with E-state index in [0.717, 1.165) is 8.47 Å². The van der Waals surface area contributed by atoms with Crippen LogP contribution in [0, 0.1) is 3.57 Å². The second-order valence-corrected chi connectivity index (χ2v) is 4.82. The fraction of sp³-hybridized carbons (Fsp3) is 0.222. The Morgan fingerprint density at radius 3 is 2.71 bits per heavy atom. The van der Waals surface area contributed by atoms with E-state index in [-0.39, 0.29) is 0 Å². The molecular formula is C9H8ClIO2S. The van der Waals surface area contributed by atoms with E-state index in [4.69, 9.17) is 11.6 Å². The molecule has 0 unspecified atom stereocenters. The topological polar surface area (TPSA) is 26.3 Å². The Labute approximate surface area is 105 Å². The Bertz CT molecular complexity index is 368. The van der Waals surface area contributed by atoms with Crippen LogP contribution in [0.2, 0.25) is 5.02 Å². The zero-order chi connectivity index (χ0) is 10.7. The Kier molecular flexibility index (Phi) is 4.53. The van der Waals surface area contributed by atoms with Gasteiger partial charge in [-0.15, -0.1) is 11.8 Å². The maximum Gasteiger partial charge on any atom is 0.340 e. The van der Waals surface area contributed by atoms with Gasteiger partial charge in [-0.3, -0.25) is 0 Å². The molecule has 1 aromatic carbocycles. The van der Waals surface area contributed by atoms with Gasteiger partial charge in [0.25, 0.3) is 0 Å². The predicted octanol–water partition coefficient (Wildman–Crippen LogP) is 3.45. The van der Waals surface area contributed by atoms with Crippen LogP contribution in [0.3, 0.4) is 0 Å². The van der Waals surface area contributed by atoms with E-state index in [9.17, 15) is 4.79 Å². The molecule has 0 aromatic heterocycles. The lowest BCUT2D eigenvalue weighted by Gasteiger charge is -2.08. The molecule has 2 nitrogen and oxygen atoms in total. The molecule has 5 heteroatoms. The van der Waals surface area contributed by atoms with Crippen LogP contribution in [0.25, 0.3) is 0 Å². The first-order valence-corrected chi connectivity index (χ1v) is 6.40. The van der Waals surface area contributed by atoms with Gasteiger partial charge in [0, 0.05) is 8.47 Å². The van der Waals surface area contributed by atoms with E-state index in [1.165, 1.54) is 18.9 Å². The Balaban J connectivity index is 3.35. The normalized spacial score (nSPS) is 10.0. The summed E-state index contributed by atoms with van der Waals surface area (Å²) in [4.78, 5) is 12.3. The number of rotatable bonds is 2. The number of carbonyl (C=O) groups is 1. The lowest BCUT2D eigenvalue weighted by Crippen LogP contribution is -2.05. The second-order valence-electron chi connectivity index (χ2n) is 2.43. The van der Waals surface area contributed by atoms with Crippen LogP contribution >= 0.6 is 46.0 Å². The lowest BCUT2D eigenvalue weighted by molar-refractivity contribution is 0.0597. The van der Waals surface area contributed by atoms with E-state index in [2.05, 4.69) is 27.3 Å². The van der Waals surface area contributed by atoms with E-state index in [1.54, 1.807) is 0 Å². The molecule has 0 aliphatic heterocycles. The highest BCUT2D eigenvalue weighted by Crippen LogP contribution is 2.31. The molecule has 1 aromatic rings. The fourth-order valence-electron chi connectivity index (χ4n) is 0.995. The Morgan fingerprint density at radius 1 is 1.57 bits per heavy atom. The summed E-state index contributed by atoms with van der Waals surface area (Å²) in [5.41, 5.74) is 0.452. The summed E-state index contributed by atoms with van der Waals surface area (Å²) in [6, 6.07) is 3.74. The van der Waals surface area contributed by atoms with Crippen molar-refractivity contribution >= 4 is 51.9 Å². The van der Waals surface area contributed by atoms with Crippen LogP contribution in [0.1, 0.15) is 10.4 Å². The third kappa shape index (κ3) is 2.35. The van der Waals surface area contributed by atoms with Gasteiger partial charge < -0.3 is 4.74 Å². The smallest absolute Gasteiger partial charge is 0.340 e. The molecule has 14 heavy (non-hydrogen) atoms. The SMILES string of the molecule is COC(=O)c1c(SC)ccc(I)c1Cl. The van der Waals surface area contributed by atoms with E-state index >= 15 is 0 Å². The van der Waals surface area contributed by atoms with Crippen LogP contribution in [0.5, 0.6) is 0 Å². The number of ether oxygens (including phenoxy) is 1. The summed E-state index contributed by atoms with van der Waals surface area (Å²) in [6.07, 6.45) is 1.89. The second kappa shape index (κ2) is 5.23. The van der Waals surface area contributed by atoms with Crippen molar-refractivity contribution in [2.45, 2.75) is 4.90 Å². The highest BCUT2D eigenvalue weighted by atomic mass is 127. The molecular weight excluding hydrogens is 335 g/mol. The zero-order valence-electron chi connectivity index (χ0n) is 7.64. The van der Waals surface area contributed by atoms with Crippen molar-refractivity contribution in [3.63, 3.8) is 0 Å². The average molecular weight is 343 g/mol. The number of carbonyl (C=O) groups excluding carboxylic acids is 1. The lowest BCUT2D eigenvalue weighted by atomic mass is 10.2. The minimum atomic E-state index is -0.391. The molecule has 0 saturated carbocycles. The van der Waals surface area contributed by atoms with E-state index in [1.807, 2.05) is 18.4 Å². The third-order valence-electron chi connectivity index (χ3n) is 1.67. The van der Waals surface area contributed by atoms with Crippen LogP contribution in [0.4, 0.5) is 0 Å². The summed E-state index contributed by atoms with van der Waals surface area (Å²) in [5, 5.41) is 0.462. The number of thioether (sulfide) groups is 1. The molecule has 0 saturated heterocycles. The molecule has 0 spiro atoms. The minimum absolute atomic E-state index is 0.391. The van der Waals surface area contributed by atoms with Crippen LogP contribution < -0.4 is 0 Å². The van der Waals surface area contributed by atoms with Crippen molar-refractivity contribution in [2.24, 2.45) is 0 Å². The number of methoxy groups -OCH3 is 1. The fourth-order valence-corrected chi connectivity index (χ4v) is 2.34.